The van der Waals surface area contributed by atoms with Crippen LogP contribution in [-0.4, -0.2) is 11.1 Å². The molecule has 0 spiro atoms. The van der Waals surface area contributed by atoms with Gasteiger partial charge in [-0.3, -0.25) is 4.79 Å². The van der Waals surface area contributed by atoms with Crippen LogP contribution in [0, 0.1) is 5.92 Å². The summed E-state index contributed by atoms with van der Waals surface area (Å²) in [4.78, 5) is 10.4. The van der Waals surface area contributed by atoms with Crippen molar-refractivity contribution in [1.82, 2.24) is 0 Å². The lowest BCUT2D eigenvalue weighted by Crippen LogP contribution is -1.92. The van der Waals surface area contributed by atoms with E-state index in [2.05, 4.69) is 38.2 Å². The van der Waals surface area contributed by atoms with Gasteiger partial charge in [0, 0.05) is 6.42 Å². The Kier molecular flexibility index (Phi) is 20.4. The van der Waals surface area contributed by atoms with Crippen molar-refractivity contribution in [3.63, 3.8) is 0 Å². The predicted molar refractivity (Wildman–Crippen MR) is 119 cm³/mol. The Bertz CT molecular complexity index is 371. The fourth-order valence-corrected chi connectivity index (χ4v) is 3.23. The van der Waals surface area contributed by atoms with Gasteiger partial charge < -0.3 is 5.11 Å². The first kappa shape index (κ1) is 26.0. The van der Waals surface area contributed by atoms with Gasteiger partial charge in [-0.1, -0.05) is 102 Å². The van der Waals surface area contributed by atoms with Crippen molar-refractivity contribution in [2.24, 2.45) is 5.92 Å². The summed E-state index contributed by atoms with van der Waals surface area (Å²) < 4.78 is 0. The summed E-state index contributed by atoms with van der Waals surface area (Å²) in [6, 6.07) is 0. The first-order chi connectivity index (χ1) is 13.2. The third kappa shape index (κ3) is 22.9. The van der Waals surface area contributed by atoms with Crippen LogP contribution in [0.5, 0.6) is 0 Å². The summed E-state index contributed by atoms with van der Waals surface area (Å²) in [6.07, 6.45) is 29.7. The fourth-order valence-electron chi connectivity index (χ4n) is 3.23. The lowest BCUT2D eigenvalue weighted by Gasteiger charge is -2.07. The quantitative estimate of drug-likeness (QED) is 0.170. The normalized spacial score (nSPS) is 13.0. The highest BCUT2D eigenvalue weighted by atomic mass is 16.4. The largest absolute Gasteiger partial charge is 0.481 e. The molecule has 0 aliphatic rings. The van der Waals surface area contributed by atoms with E-state index in [1.54, 1.807) is 0 Å². The molecule has 2 heteroatoms. The number of carboxylic acid groups (broad SMARTS) is 1. The lowest BCUT2D eigenvalue weighted by molar-refractivity contribution is -0.137. The van der Waals surface area contributed by atoms with Gasteiger partial charge in [0.15, 0.2) is 0 Å². The summed E-state index contributed by atoms with van der Waals surface area (Å²) in [5, 5.41) is 8.55. The van der Waals surface area contributed by atoms with Gasteiger partial charge in [-0.15, -0.1) is 0 Å². The van der Waals surface area contributed by atoms with Gasteiger partial charge in [-0.2, -0.15) is 0 Å². The van der Waals surface area contributed by atoms with Crippen LogP contribution in [0.3, 0.4) is 0 Å². The van der Waals surface area contributed by atoms with Crippen molar-refractivity contribution >= 4 is 5.97 Å². The zero-order valence-electron chi connectivity index (χ0n) is 18.3. The SMILES string of the molecule is CCC(C)CCCCCCCCCCCC=CCCC=CCCCC(=O)O. The number of rotatable bonds is 20. The smallest absolute Gasteiger partial charge is 0.303 e. The maximum atomic E-state index is 10.4. The summed E-state index contributed by atoms with van der Waals surface area (Å²) in [6.45, 7) is 4.67. The van der Waals surface area contributed by atoms with E-state index in [1.165, 1.54) is 77.0 Å². The second-order valence-corrected chi connectivity index (χ2v) is 8.08. The van der Waals surface area contributed by atoms with Crippen LogP contribution in [0.1, 0.15) is 123 Å². The third-order valence-electron chi connectivity index (χ3n) is 5.36. The number of unbranched alkanes of at least 4 members (excludes halogenated alkanes) is 11. The maximum absolute atomic E-state index is 10.4. The van der Waals surface area contributed by atoms with Crippen LogP contribution >= 0.6 is 0 Å². The molecule has 0 aromatic carbocycles. The summed E-state index contributed by atoms with van der Waals surface area (Å²) in [5.74, 6) is 0.227. The molecular weight excluding hydrogens is 332 g/mol. The van der Waals surface area contributed by atoms with E-state index in [9.17, 15) is 4.79 Å². The number of hydrogen-bond acceptors (Lipinski definition) is 1. The minimum absolute atomic E-state index is 0.280. The van der Waals surface area contributed by atoms with Gasteiger partial charge in [0.25, 0.3) is 0 Å². The maximum Gasteiger partial charge on any atom is 0.303 e. The summed E-state index contributed by atoms with van der Waals surface area (Å²) in [5.41, 5.74) is 0. The minimum Gasteiger partial charge on any atom is -0.481 e. The minimum atomic E-state index is -0.696. The number of carboxylic acids is 1. The van der Waals surface area contributed by atoms with Gasteiger partial charge in [-0.25, -0.2) is 0 Å². The molecule has 0 saturated heterocycles. The number of allylic oxidation sites excluding steroid dienone is 4. The van der Waals surface area contributed by atoms with Crippen molar-refractivity contribution in [1.29, 1.82) is 0 Å². The zero-order valence-corrected chi connectivity index (χ0v) is 18.3. The Balaban J connectivity index is 3.18. The molecule has 1 atom stereocenters. The zero-order chi connectivity index (χ0) is 20.0. The van der Waals surface area contributed by atoms with Gasteiger partial charge in [0.05, 0.1) is 0 Å². The topological polar surface area (TPSA) is 37.3 Å². The van der Waals surface area contributed by atoms with Gasteiger partial charge in [0.2, 0.25) is 0 Å². The molecule has 0 aromatic rings. The van der Waals surface area contributed by atoms with E-state index >= 15 is 0 Å². The molecule has 0 saturated carbocycles. The van der Waals surface area contributed by atoms with Crippen LogP contribution in [-0.2, 0) is 4.79 Å². The van der Waals surface area contributed by atoms with Crippen LogP contribution in [0.25, 0.3) is 0 Å². The number of hydrogen-bond donors (Lipinski definition) is 1. The fraction of sp³-hybridized carbons (Fsp3) is 0.800. The molecule has 0 radical (unpaired) electrons. The van der Waals surface area contributed by atoms with Crippen molar-refractivity contribution < 1.29 is 9.90 Å². The molecule has 0 aromatic heterocycles. The van der Waals surface area contributed by atoms with E-state index in [1.807, 2.05) is 0 Å². The Morgan fingerprint density at radius 3 is 1.67 bits per heavy atom. The Labute approximate surface area is 169 Å². The lowest BCUT2D eigenvalue weighted by atomic mass is 9.99. The molecule has 2 nitrogen and oxygen atoms in total. The van der Waals surface area contributed by atoms with E-state index in [-0.39, 0.29) is 6.42 Å². The van der Waals surface area contributed by atoms with Crippen LogP contribution in [0.15, 0.2) is 24.3 Å². The Hall–Kier alpha value is -1.05. The van der Waals surface area contributed by atoms with Crippen molar-refractivity contribution in [3.8, 4) is 0 Å². The molecule has 0 rings (SSSR count). The van der Waals surface area contributed by atoms with E-state index in [0.717, 1.165) is 31.6 Å². The molecule has 0 amide bonds. The molecule has 0 aliphatic carbocycles. The predicted octanol–water partition coefficient (Wildman–Crippen LogP) is 8.47. The van der Waals surface area contributed by atoms with E-state index < -0.39 is 5.97 Å². The highest BCUT2D eigenvalue weighted by molar-refractivity contribution is 5.66. The van der Waals surface area contributed by atoms with Gasteiger partial charge in [-0.05, 0) is 44.4 Å². The van der Waals surface area contributed by atoms with E-state index in [4.69, 9.17) is 5.11 Å². The van der Waals surface area contributed by atoms with Gasteiger partial charge >= 0.3 is 5.97 Å². The standard InChI is InChI=1S/C25H46O2/c1-3-24(2)22-20-18-16-14-12-10-8-6-4-5-7-9-11-13-15-17-19-21-23-25(26)27/h7,9,15,17,24H,3-6,8,10-14,16,18-23H2,1-2H3,(H,26,27). The second kappa shape index (κ2) is 21.3. The number of carbonyl (C=O) groups is 1. The highest BCUT2D eigenvalue weighted by Crippen LogP contribution is 2.15. The molecule has 1 unspecified atom stereocenters. The third-order valence-corrected chi connectivity index (χ3v) is 5.36. The first-order valence-corrected chi connectivity index (χ1v) is 11.7. The molecule has 0 heterocycles. The Morgan fingerprint density at radius 1 is 0.704 bits per heavy atom. The van der Waals surface area contributed by atoms with Crippen molar-refractivity contribution in [3.05, 3.63) is 24.3 Å². The molecule has 0 aliphatic heterocycles. The van der Waals surface area contributed by atoms with E-state index in [0.29, 0.717) is 0 Å². The molecule has 0 fully saturated rings. The molecule has 1 N–H and O–H groups in total. The molecule has 158 valence electrons. The molecule has 0 bridgehead atoms. The molecule has 27 heavy (non-hydrogen) atoms. The van der Waals surface area contributed by atoms with Gasteiger partial charge in [0.1, 0.15) is 0 Å². The van der Waals surface area contributed by atoms with Crippen molar-refractivity contribution in [2.45, 2.75) is 123 Å². The molecular formula is C25H46O2. The second-order valence-electron chi connectivity index (χ2n) is 8.08. The number of aliphatic carboxylic acids is 1. The average Bonchev–Trinajstić information content (AvgIpc) is 2.65. The van der Waals surface area contributed by atoms with Crippen LogP contribution in [0.2, 0.25) is 0 Å². The first-order valence-electron chi connectivity index (χ1n) is 11.7. The van der Waals surface area contributed by atoms with Crippen molar-refractivity contribution in [2.75, 3.05) is 0 Å². The summed E-state index contributed by atoms with van der Waals surface area (Å²) >= 11 is 0. The average molecular weight is 379 g/mol. The highest BCUT2D eigenvalue weighted by Gasteiger charge is 1.98. The van der Waals surface area contributed by atoms with Crippen LogP contribution < -0.4 is 0 Å². The van der Waals surface area contributed by atoms with Crippen LogP contribution in [0.4, 0.5) is 0 Å². The monoisotopic (exact) mass is 378 g/mol. The Morgan fingerprint density at radius 2 is 1.15 bits per heavy atom. The summed E-state index contributed by atoms with van der Waals surface area (Å²) in [7, 11) is 0.